The van der Waals surface area contributed by atoms with Gasteiger partial charge in [-0.2, -0.15) is 13.2 Å². The number of carbonyl (C=O) groups excluding carboxylic acids is 1. The zero-order valence-corrected chi connectivity index (χ0v) is 15.9. The lowest BCUT2D eigenvalue weighted by atomic mass is 9.96. The molecule has 9 heteroatoms. The molecule has 1 aromatic rings. The number of carbonyl (C=O) groups is 1. The molecule has 1 aromatic carbocycles. The number of phenols is 1. The molecule has 0 spiro atoms. The van der Waals surface area contributed by atoms with Gasteiger partial charge in [0.05, 0.1) is 6.04 Å². The number of rotatable bonds is 3. The average molecular weight is 392 g/mol. The number of amides is 1. The fraction of sp³-hybridized carbons (Fsp3) is 0.588. The molecule has 1 aliphatic rings. The number of halogens is 3. The Hall–Kier alpha value is -1.45. The normalized spacial score (nSPS) is 17.6. The SMILES string of the molecule is C[C@H](N[S@@+]([O-])C(C)(C)C)c1cc2c(cc1O)CCCN2C(=O)C(F)(F)F. The van der Waals surface area contributed by atoms with Gasteiger partial charge in [-0.15, -0.1) is 4.72 Å². The van der Waals surface area contributed by atoms with Gasteiger partial charge in [-0.05, 0) is 58.2 Å². The fourth-order valence-corrected chi connectivity index (χ4v) is 3.55. The van der Waals surface area contributed by atoms with Gasteiger partial charge in [0, 0.05) is 29.2 Å². The minimum atomic E-state index is -4.97. The smallest absolute Gasteiger partial charge is 0.471 e. The van der Waals surface area contributed by atoms with Crippen LogP contribution in [0.1, 0.15) is 51.3 Å². The highest BCUT2D eigenvalue weighted by molar-refractivity contribution is 7.90. The second-order valence-corrected chi connectivity index (χ2v) is 9.32. The van der Waals surface area contributed by atoms with E-state index in [1.807, 2.05) is 0 Å². The van der Waals surface area contributed by atoms with Crippen LogP contribution >= 0.6 is 0 Å². The molecule has 26 heavy (non-hydrogen) atoms. The molecule has 0 aromatic heterocycles. The van der Waals surface area contributed by atoms with E-state index >= 15 is 0 Å². The molecule has 2 rings (SSSR count). The van der Waals surface area contributed by atoms with Crippen molar-refractivity contribution in [2.75, 3.05) is 11.4 Å². The second kappa shape index (κ2) is 7.28. The highest BCUT2D eigenvalue weighted by Crippen LogP contribution is 2.38. The van der Waals surface area contributed by atoms with Crippen molar-refractivity contribution < 1.29 is 27.6 Å². The Kier molecular flexibility index (Phi) is 5.84. The summed E-state index contributed by atoms with van der Waals surface area (Å²) in [7, 11) is 0. The lowest BCUT2D eigenvalue weighted by Crippen LogP contribution is -2.44. The molecule has 1 aliphatic heterocycles. The van der Waals surface area contributed by atoms with Gasteiger partial charge in [-0.25, -0.2) is 0 Å². The summed E-state index contributed by atoms with van der Waals surface area (Å²) >= 11 is -1.43. The van der Waals surface area contributed by atoms with Crippen molar-refractivity contribution >= 4 is 23.0 Å². The van der Waals surface area contributed by atoms with Crippen LogP contribution in [0.5, 0.6) is 5.75 Å². The van der Waals surface area contributed by atoms with Crippen LogP contribution in [0.3, 0.4) is 0 Å². The molecule has 0 unspecified atom stereocenters. The van der Waals surface area contributed by atoms with Crippen LogP contribution in [0.25, 0.3) is 0 Å². The Morgan fingerprint density at radius 1 is 1.35 bits per heavy atom. The maximum Gasteiger partial charge on any atom is 0.471 e. The maximum atomic E-state index is 12.9. The first-order chi connectivity index (χ1) is 11.8. The number of nitrogens with one attached hydrogen (secondary N) is 1. The van der Waals surface area contributed by atoms with Crippen molar-refractivity contribution in [1.29, 1.82) is 0 Å². The highest BCUT2D eigenvalue weighted by atomic mass is 32.2. The predicted molar refractivity (Wildman–Crippen MR) is 94.3 cm³/mol. The van der Waals surface area contributed by atoms with E-state index in [4.69, 9.17) is 0 Å². The van der Waals surface area contributed by atoms with E-state index in [9.17, 15) is 27.6 Å². The summed E-state index contributed by atoms with van der Waals surface area (Å²) < 4.78 is 53.2. The fourth-order valence-electron chi connectivity index (χ4n) is 2.75. The summed E-state index contributed by atoms with van der Waals surface area (Å²) in [5.74, 6) is -2.02. The number of anilines is 1. The van der Waals surface area contributed by atoms with E-state index < -0.39 is 34.2 Å². The molecule has 2 N–H and O–H groups in total. The molecular formula is C17H23F3N2O3S. The standard InChI is InChI=1S/C17H23F3N2O3S/c1-10(21-26(25)16(2,3)4)12-9-13-11(8-14(12)23)6-5-7-22(13)15(24)17(18,19)20/h8-10,21,23H,5-7H2,1-4H3/t10-,26-/m0/s1. The summed E-state index contributed by atoms with van der Waals surface area (Å²) in [6, 6.07) is 2.19. The molecule has 0 radical (unpaired) electrons. The van der Waals surface area contributed by atoms with Crippen molar-refractivity contribution in [3.05, 3.63) is 23.3 Å². The zero-order chi connectivity index (χ0) is 19.9. The predicted octanol–water partition coefficient (Wildman–Crippen LogP) is 3.35. The lowest BCUT2D eigenvalue weighted by molar-refractivity contribution is -0.170. The molecule has 0 saturated heterocycles. The topological polar surface area (TPSA) is 75.6 Å². The van der Waals surface area contributed by atoms with Gasteiger partial charge in [0.2, 0.25) is 0 Å². The Morgan fingerprint density at radius 2 is 1.96 bits per heavy atom. The van der Waals surface area contributed by atoms with Crippen LogP contribution < -0.4 is 9.62 Å². The number of nitrogens with zero attached hydrogens (tertiary/aromatic N) is 1. The van der Waals surface area contributed by atoms with Gasteiger partial charge in [0.25, 0.3) is 0 Å². The largest absolute Gasteiger partial charge is 0.598 e. The zero-order valence-electron chi connectivity index (χ0n) is 15.1. The Labute approximate surface area is 153 Å². The number of hydrogen-bond acceptors (Lipinski definition) is 4. The number of aromatic hydroxyl groups is 1. The summed E-state index contributed by atoms with van der Waals surface area (Å²) in [5.41, 5.74) is 0.920. The van der Waals surface area contributed by atoms with Crippen LogP contribution in [0.4, 0.5) is 18.9 Å². The molecule has 1 heterocycles. The Balaban J connectivity index is 2.38. The first-order valence-corrected chi connectivity index (χ1v) is 9.40. The van der Waals surface area contributed by atoms with Crippen molar-refractivity contribution in [2.24, 2.45) is 0 Å². The van der Waals surface area contributed by atoms with E-state index in [0.717, 1.165) is 0 Å². The molecule has 0 bridgehead atoms. The van der Waals surface area contributed by atoms with E-state index in [0.29, 0.717) is 28.9 Å². The molecule has 146 valence electrons. The summed E-state index contributed by atoms with van der Waals surface area (Å²) in [6.45, 7) is 6.95. The van der Waals surface area contributed by atoms with Crippen molar-refractivity contribution in [1.82, 2.24) is 4.72 Å². The first kappa shape index (κ1) is 20.9. The third kappa shape index (κ3) is 4.44. The van der Waals surface area contributed by atoms with Crippen LogP contribution in [0.2, 0.25) is 0 Å². The Morgan fingerprint density at radius 3 is 2.50 bits per heavy atom. The third-order valence-electron chi connectivity index (χ3n) is 4.14. The quantitative estimate of drug-likeness (QED) is 0.774. The van der Waals surface area contributed by atoms with Gasteiger partial charge < -0.3 is 14.6 Å². The second-order valence-electron chi connectivity index (χ2n) is 7.32. The van der Waals surface area contributed by atoms with Gasteiger partial charge in [-0.3, -0.25) is 4.79 Å². The van der Waals surface area contributed by atoms with Gasteiger partial charge in [-0.1, -0.05) is 0 Å². The van der Waals surface area contributed by atoms with Crippen LogP contribution in [0.15, 0.2) is 12.1 Å². The summed E-state index contributed by atoms with van der Waals surface area (Å²) in [5, 5.41) is 10.3. The lowest BCUT2D eigenvalue weighted by Gasteiger charge is -2.32. The number of alkyl halides is 3. The average Bonchev–Trinajstić information content (AvgIpc) is 2.50. The molecule has 0 saturated carbocycles. The van der Waals surface area contributed by atoms with Crippen molar-refractivity contribution in [3.63, 3.8) is 0 Å². The van der Waals surface area contributed by atoms with Crippen LogP contribution in [-0.4, -0.2) is 33.0 Å². The number of phenolic OH excluding ortho intramolecular Hbond substituents is 1. The monoisotopic (exact) mass is 392 g/mol. The molecular weight excluding hydrogens is 369 g/mol. The van der Waals surface area contributed by atoms with Crippen molar-refractivity contribution in [2.45, 2.75) is 57.5 Å². The summed E-state index contributed by atoms with van der Waals surface area (Å²) in [6.07, 6.45) is -4.11. The van der Waals surface area contributed by atoms with Gasteiger partial charge >= 0.3 is 12.1 Å². The Bertz CT molecular complexity index is 689. The van der Waals surface area contributed by atoms with Gasteiger partial charge in [0.1, 0.15) is 10.5 Å². The minimum Gasteiger partial charge on any atom is -0.598 e. The third-order valence-corrected chi connectivity index (χ3v) is 5.82. The number of aryl methyl sites for hydroxylation is 1. The number of benzene rings is 1. The molecule has 0 fully saturated rings. The van der Waals surface area contributed by atoms with Crippen LogP contribution in [0, 0.1) is 0 Å². The molecule has 2 atom stereocenters. The molecule has 1 amide bonds. The molecule has 0 aliphatic carbocycles. The van der Waals surface area contributed by atoms with E-state index in [1.165, 1.54) is 12.1 Å². The molecule has 5 nitrogen and oxygen atoms in total. The van der Waals surface area contributed by atoms with E-state index in [2.05, 4.69) is 4.72 Å². The van der Waals surface area contributed by atoms with Crippen molar-refractivity contribution in [3.8, 4) is 5.75 Å². The first-order valence-electron chi connectivity index (χ1n) is 8.25. The number of fused-ring (bicyclic) bond motifs is 1. The minimum absolute atomic E-state index is 0.0364. The summed E-state index contributed by atoms with van der Waals surface area (Å²) in [4.78, 5) is 12.4. The van der Waals surface area contributed by atoms with Gasteiger partial charge in [0.15, 0.2) is 0 Å². The van der Waals surface area contributed by atoms with E-state index in [-0.39, 0.29) is 18.0 Å². The highest BCUT2D eigenvalue weighted by Gasteiger charge is 2.44. The van der Waals surface area contributed by atoms with E-state index in [1.54, 1.807) is 27.7 Å². The number of hydrogen-bond donors (Lipinski definition) is 2. The van der Waals surface area contributed by atoms with Crippen LogP contribution in [-0.2, 0) is 22.6 Å². The maximum absolute atomic E-state index is 12.9.